The number of anilines is 1. The van der Waals surface area contributed by atoms with Gasteiger partial charge in [0.25, 0.3) is 0 Å². The van der Waals surface area contributed by atoms with Gasteiger partial charge in [0, 0.05) is 25.2 Å². The van der Waals surface area contributed by atoms with Crippen LogP contribution in [0.5, 0.6) is 0 Å². The Balaban J connectivity index is 0.000000853. The number of aromatic nitrogens is 2. The zero-order valence-corrected chi connectivity index (χ0v) is 9.63. The molecule has 1 N–H and O–H groups in total. The highest BCUT2D eigenvalue weighted by molar-refractivity contribution is 6.29. The van der Waals surface area contributed by atoms with E-state index in [0.29, 0.717) is 17.2 Å². The minimum atomic E-state index is 0. The maximum Gasteiger partial charge on any atom is 0.151 e. The average molecular weight is 247 g/mol. The van der Waals surface area contributed by atoms with Crippen LogP contribution >= 0.6 is 24.0 Å². The van der Waals surface area contributed by atoms with Crippen LogP contribution in [-0.2, 0) is 0 Å². The summed E-state index contributed by atoms with van der Waals surface area (Å²) in [6, 6.07) is 4.97. The number of nitrogens with one attached hydrogen (secondary N) is 1. The molecule has 2 bridgehead atoms. The second kappa shape index (κ2) is 4.12. The summed E-state index contributed by atoms with van der Waals surface area (Å²) in [4.78, 5) is 2.31. The summed E-state index contributed by atoms with van der Waals surface area (Å²) in [6.45, 7) is 2.11. The topological polar surface area (TPSA) is 41.0 Å². The Morgan fingerprint density at radius 2 is 2.27 bits per heavy atom. The first-order valence-electron chi connectivity index (χ1n) is 4.82. The number of nitrogens with zero attached hydrogens (tertiary/aromatic N) is 3. The van der Waals surface area contributed by atoms with Crippen LogP contribution in [0.3, 0.4) is 0 Å². The Bertz CT molecular complexity index is 342. The van der Waals surface area contributed by atoms with E-state index in [1.165, 1.54) is 6.42 Å². The summed E-state index contributed by atoms with van der Waals surface area (Å²) in [5.41, 5.74) is 0. The molecule has 0 saturated carbocycles. The summed E-state index contributed by atoms with van der Waals surface area (Å²) in [6.07, 6.45) is 1.23. The van der Waals surface area contributed by atoms with Crippen LogP contribution in [0, 0.1) is 0 Å². The molecular weight excluding hydrogens is 235 g/mol. The molecule has 0 spiro atoms. The van der Waals surface area contributed by atoms with Gasteiger partial charge in [0.15, 0.2) is 11.0 Å². The van der Waals surface area contributed by atoms with E-state index in [-0.39, 0.29) is 12.4 Å². The van der Waals surface area contributed by atoms with Crippen LogP contribution in [-0.4, -0.2) is 35.4 Å². The molecule has 2 saturated heterocycles. The van der Waals surface area contributed by atoms with Crippen molar-refractivity contribution < 1.29 is 0 Å². The quantitative estimate of drug-likeness (QED) is 0.806. The third-order valence-electron chi connectivity index (χ3n) is 2.97. The average Bonchev–Trinajstić information content (AvgIpc) is 2.80. The zero-order chi connectivity index (χ0) is 9.54. The molecule has 82 valence electrons. The molecular formula is C9H12Cl2N4. The molecule has 2 fully saturated rings. The van der Waals surface area contributed by atoms with E-state index in [9.17, 15) is 0 Å². The van der Waals surface area contributed by atoms with Crippen molar-refractivity contribution >= 4 is 29.8 Å². The molecule has 0 radical (unpaired) electrons. The fourth-order valence-electron chi connectivity index (χ4n) is 2.30. The number of halogens is 2. The molecule has 6 heteroatoms. The van der Waals surface area contributed by atoms with Gasteiger partial charge in [-0.2, -0.15) is 0 Å². The molecule has 4 nitrogen and oxygen atoms in total. The van der Waals surface area contributed by atoms with Crippen LogP contribution in [0.15, 0.2) is 12.1 Å². The Hall–Kier alpha value is -0.580. The highest BCUT2D eigenvalue weighted by Crippen LogP contribution is 2.27. The van der Waals surface area contributed by atoms with Crippen LogP contribution < -0.4 is 10.2 Å². The first-order valence-corrected chi connectivity index (χ1v) is 5.20. The van der Waals surface area contributed by atoms with E-state index in [2.05, 4.69) is 20.4 Å². The summed E-state index contributed by atoms with van der Waals surface area (Å²) in [7, 11) is 0. The van der Waals surface area contributed by atoms with E-state index in [0.717, 1.165) is 18.9 Å². The predicted molar refractivity (Wildman–Crippen MR) is 61.8 cm³/mol. The first kappa shape index (κ1) is 10.9. The Morgan fingerprint density at radius 3 is 2.80 bits per heavy atom. The molecule has 3 heterocycles. The smallest absolute Gasteiger partial charge is 0.151 e. The molecule has 0 amide bonds. The van der Waals surface area contributed by atoms with Crippen molar-refractivity contribution in [1.82, 2.24) is 15.5 Å². The lowest BCUT2D eigenvalue weighted by molar-refractivity contribution is 0.574. The summed E-state index contributed by atoms with van der Waals surface area (Å²) in [5.74, 6) is 0.948. The van der Waals surface area contributed by atoms with Gasteiger partial charge in [-0.05, 0) is 18.6 Å². The van der Waals surface area contributed by atoms with Crippen LogP contribution in [0.25, 0.3) is 0 Å². The number of fused-ring (bicyclic) bond motifs is 2. The minimum Gasteiger partial charge on any atom is -0.349 e. The number of hydrogen-bond donors (Lipinski definition) is 1. The van der Waals surface area contributed by atoms with Gasteiger partial charge in [0.2, 0.25) is 0 Å². The zero-order valence-electron chi connectivity index (χ0n) is 8.06. The largest absolute Gasteiger partial charge is 0.349 e. The van der Waals surface area contributed by atoms with Crippen molar-refractivity contribution in [2.75, 3.05) is 18.0 Å². The maximum atomic E-state index is 5.69. The van der Waals surface area contributed by atoms with Crippen LogP contribution in [0.4, 0.5) is 5.82 Å². The van der Waals surface area contributed by atoms with Gasteiger partial charge in [-0.15, -0.1) is 22.6 Å². The SMILES string of the molecule is Cl.Clc1ccc(N2C[C@@H]3C[C@H]2CN3)nn1. The second-order valence-corrected chi connectivity index (χ2v) is 4.25. The number of hydrogen-bond acceptors (Lipinski definition) is 4. The summed E-state index contributed by atoms with van der Waals surface area (Å²) >= 11 is 5.69. The third kappa shape index (κ3) is 1.89. The van der Waals surface area contributed by atoms with Crippen molar-refractivity contribution in [3.05, 3.63) is 17.3 Å². The van der Waals surface area contributed by atoms with E-state index in [1.54, 1.807) is 6.07 Å². The third-order valence-corrected chi connectivity index (χ3v) is 3.17. The van der Waals surface area contributed by atoms with Crippen molar-refractivity contribution in [2.24, 2.45) is 0 Å². The molecule has 1 aromatic rings. The van der Waals surface area contributed by atoms with Crippen LogP contribution in [0.2, 0.25) is 5.15 Å². The second-order valence-electron chi connectivity index (χ2n) is 3.86. The lowest BCUT2D eigenvalue weighted by atomic mass is 10.2. The Morgan fingerprint density at radius 1 is 1.40 bits per heavy atom. The lowest BCUT2D eigenvalue weighted by Crippen LogP contribution is -2.44. The molecule has 1 aromatic heterocycles. The molecule has 0 aromatic carbocycles. The monoisotopic (exact) mass is 246 g/mol. The highest BCUT2D eigenvalue weighted by Gasteiger charge is 2.38. The lowest BCUT2D eigenvalue weighted by Gasteiger charge is -2.27. The van der Waals surface area contributed by atoms with E-state index in [4.69, 9.17) is 11.6 Å². The van der Waals surface area contributed by atoms with Gasteiger partial charge in [-0.25, -0.2) is 0 Å². The molecule has 2 aliphatic heterocycles. The van der Waals surface area contributed by atoms with Gasteiger partial charge >= 0.3 is 0 Å². The van der Waals surface area contributed by atoms with Crippen molar-refractivity contribution in [1.29, 1.82) is 0 Å². The van der Waals surface area contributed by atoms with Gasteiger partial charge in [0.1, 0.15) is 0 Å². The van der Waals surface area contributed by atoms with Gasteiger partial charge in [-0.1, -0.05) is 11.6 Å². The molecule has 2 aliphatic rings. The van der Waals surface area contributed by atoms with Gasteiger partial charge < -0.3 is 10.2 Å². The van der Waals surface area contributed by atoms with Crippen LogP contribution in [0.1, 0.15) is 6.42 Å². The van der Waals surface area contributed by atoms with Crippen molar-refractivity contribution in [2.45, 2.75) is 18.5 Å². The van der Waals surface area contributed by atoms with E-state index < -0.39 is 0 Å². The van der Waals surface area contributed by atoms with Gasteiger partial charge in [0.05, 0.1) is 0 Å². The summed E-state index contributed by atoms with van der Waals surface area (Å²) in [5, 5.41) is 11.9. The van der Waals surface area contributed by atoms with E-state index >= 15 is 0 Å². The number of piperazine rings is 1. The fourth-order valence-corrected chi connectivity index (χ4v) is 2.40. The highest BCUT2D eigenvalue weighted by atomic mass is 35.5. The van der Waals surface area contributed by atoms with Crippen molar-refractivity contribution in [3.63, 3.8) is 0 Å². The van der Waals surface area contributed by atoms with E-state index in [1.807, 2.05) is 6.07 Å². The standard InChI is InChI=1S/C9H11ClN4.ClH/c10-8-1-2-9(13-12-8)14-5-6-3-7(14)4-11-6;/h1-2,6-7,11H,3-5H2;1H/t6-,7-;/m0./s1. The fraction of sp³-hybridized carbons (Fsp3) is 0.556. The Kier molecular flexibility index (Phi) is 3.00. The van der Waals surface area contributed by atoms with Gasteiger partial charge in [-0.3, -0.25) is 0 Å². The predicted octanol–water partition coefficient (Wildman–Crippen LogP) is 1.10. The molecule has 0 aliphatic carbocycles. The maximum absolute atomic E-state index is 5.69. The molecule has 2 atom stereocenters. The first-order chi connectivity index (χ1) is 6.83. The molecule has 0 unspecified atom stereocenters. The van der Waals surface area contributed by atoms with Crippen molar-refractivity contribution in [3.8, 4) is 0 Å². The number of rotatable bonds is 1. The normalized spacial score (nSPS) is 27.9. The molecule has 3 rings (SSSR count). The minimum absolute atomic E-state index is 0. The Labute approximate surface area is 99.4 Å². The molecule has 15 heavy (non-hydrogen) atoms. The summed E-state index contributed by atoms with van der Waals surface area (Å²) < 4.78 is 0.